The Morgan fingerprint density at radius 2 is 1.36 bits per heavy atom. The lowest BCUT2D eigenvalue weighted by Gasteiger charge is -2.20. The van der Waals surface area contributed by atoms with E-state index in [4.69, 9.17) is 23.2 Å². The van der Waals surface area contributed by atoms with Crippen molar-refractivity contribution in [3.63, 3.8) is 0 Å². The number of nitrogens with one attached hydrogen (secondary N) is 1. The average Bonchev–Trinajstić information content (AvgIpc) is 2.54. The molecular weight excluding hydrogens is 317 g/mol. The molecule has 0 aliphatic carbocycles. The molecule has 0 amide bonds. The summed E-state index contributed by atoms with van der Waals surface area (Å²) in [5, 5.41) is 22.9. The minimum absolute atomic E-state index is 0.386. The maximum atomic E-state index is 9.19. The lowest BCUT2D eigenvalue weighted by atomic mass is 9.95. The van der Waals surface area contributed by atoms with Crippen LogP contribution in [0.15, 0.2) is 48.5 Å². The summed E-state index contributed by atoms with van der Waals surface area (Å²) in [5.74, 6) is -0.784. The molecule has 0 aromatic heterocycles. The van der Waals surface area contributed by atoms with Crippen molar-refractivity contribution in [3.8, 4) is 12.1 Å². The third-order valence-corrected chi connectivity index (χ3v) is 3.78. The Labute approximate surface area is 139 Å². The molecule has 1 N–H and O–H groups in total. The first kappa shape index (κ1) is 16.3. The summed E-state index contributed by atoms with van der Waals surface area (Å²) in [6.45, 7) is 0.532. The van der Waals surface area contributed by atoms with E-state index >= 15 is 0 Å². The first-order valence-electron chi connectivity index (χ1n) is 6.66. The van der Waals surface area contributed by atoms with Crippen molar-refractivity contribution in [2.24, 2.45) is 5.92 Å². The molecule has 5 heteroatoms. The number of hydrogen-bond donors (Lipinski definition) is 1. The Morgan fingerprint density at radius 1 is 0.864 bits per heavy atom. The number of hydrogen-bond acceptors (Lipinski definition) is 3. The highest BCUT2D eigenvalue weighted by Crippen LogP contribution is 2.24. The van der Waals surface area contributed by atoms with E-state index in [1.165, 1.54) is 0 Å². The van der Waals surface area contributed by atoms with Crippen LogP contribution in [0.2, 0.25) is 10.0 Å². The van der Waals surface area contributed by atoms with E-state index in [1.807, 2.05) is 48.5 Å². The normalized spacial score (nSPS) is 11.7. The fourth-order valence-electron chi connectivity index (χ4n) is 2.11. The third kappa shape index (κ3) is 4.23. The molecule has 1 atom stereocenters. The number of rotatable bonds is 5. The molecule has 0 spiro atoms. The van der Waals surface area contributed by atoms with Crippen LogP contribution < -0.4 is 5.32 Å². The maximum absolute atomic E-state index is 9.19. The molecule has 0 radical (unpaired) electrons. The topological polar surface area (TPSA) is 59.6 Å². The molecule has 1 unspecified atom stereocenters. The van der Waals surface area contributed by atoms with Crippen molar-refractivity contribution in [1.29, 1.82) is 10.5 Å². The predicted octanol–water partition coefficient (Wildman–Crippen LogP) is 4.49. The first-order chi connectivity index (χ1) is 10.6. The highest BCUT2D eigenvalue weighted by Gasteiger charge is 2.22. The summed E-state index contributed by atoms with van der Waals surface area (Å²) in [6, 6.07) is 18.2. The fourth-order valence-corrected chi connectivity index (χ4v) is 2.36. The van der Waals surface area contributed by atoms with Gasteiger partial charge < -0.3 is 5.32 Å². The van der Waals surface area contributed by atoms with Crippen LogP contribution in [0.4, 0.5) is 0 Å². The largest absolute Gasteiger partial charge is 0.304 e. The summed E-state index contributed by atoms with van der Waals surface area (Å²) in [6.07, 6.45) is 0. The Balaban J connectivity index is 2.18. The van der Waals surface area contributed by atoms with Crippen LogP contribution in [0.25, 0.3) is 0 Å². The second kappa shape index (κ2) is 7.82. The van der Waals surface area contributed by atoms with Crippen molar-refractivity contribution >= 4 is 23.2 Å². The molecule has 0 fully saturated rings. The van der Waals surface area contributed by atoms with Gasteiger partial charge in [0.25, 0.3) is 0 Å². The minimum Gasteiger partial charge on any atom is -0.304 e. The standard InChI is InChI=1S/C17H13Cl2N3/c18-15-5-1-12(2-6-15)11-22-17(14(9-20)10-21)13-3-7-16(19)8-4-13/h1-8,14,17,22H,11H2. The van der Waals surface area contributed by atoms with Crippen molar-refractivity contribution in [3.05, 3.63) is 69.7 Å². The van der Waals surface area contributed by atoms with Gasteiger partial charge in [0, 0.05) is 16.6 Å². The summed E-state index contributed by atoms with van der Waals surface area (Å²) in [4.78, 5) is 0. The van der Waals surface area contributed by atoms with Gasteiger partial charge in [0.15, 0.2) is 5.92 Å². The molecule has 3 nitrogen and oxygen atoms in total. The number of benzene rings is 2. The quantitative estimate of drug-likeness (QED) is 0.879. The molecule has 2 aromatic rings. The molecular formula is C17H13Cl2N3. The second-order valence-corrected chi connectivity index (χ2v) is 5.65. The summed E-state index contributed by atoms with van der Waals surface area (Å²) < 4.78 is 0. The van der Waals surface area contributed by atoms with Crippen LogP contribution in [-0.2, 0) is 6.54 Å². The van der Waals surface area contributed by atoms with Crippen molar-refractivity contribution < 1.29 is 0 Å². The van der Waals surface area contributed by atoms with Crippen LogP contribution in [-0.4, -0.2) is 0 Å². The van der Waals surface area contributed by atoms with Crippen molar-refractivity contribution in [2.45, 2.75) is 12.6 Å². The minimum atomic E-state index is -0.784. The van der Waals surface area contributed by atoms with E-state index in [2.05, 4.69) is 5.32 Å². The summed E-state index contributed by atoms with van der Waals surface area (Å²) in [7, 11) is 0. The molecule has 0 heterocycles. The lowest BCUT2D eigenvalue weighted by Crippen LogP contribution is -2.26. The van der Waals surface area contributed by atoms with Gasteiger partial charge >= 0.3 is 0 Å². The van der Waals surface area contributed by atoms with Crippen LogP contribution in [0.1, 0.15) is 17.2 Å². The van der Waals surface area contributed by atoms with Gasteiger partial charge in [-0.2, -0.15) is 10.5 Å². The molecule has 2 rings (SSSR count). The second-order valence-electron chi connectivity index (χ2n) is 4.77. The van der Waals surface area contributed by atoms with Gasteiger partial charge in [-0.05, 0) is 35.4 Å². The highest BCUT2D eigenvalue weighted by atomic mass is 35.5. The molecule has 0 bridgehead atoms. The van der Waals surface area contributed by atoms with Gasteiger partial charge in [-0.1, -0.05) is 47.5 Å². The average molecular weight is 330 g/mol. The zero-order valence-electron chi connectivity index (χ0n) is 11.6. The third-order valence-electron chi connectivity index (χ3n) is 3.28. The molecule has 0 saturated heterocycles. The summed E-state index contributed by atoms with van der Waals surface area (Å²) in [5.41, 5.74) is 1.88. The van der Waals surface area contributed by atoms with E-state index in [9.17, 15) is 10.5 Å². The van der Waals surface area contributed by atoms with Gasteiger partial charge in [0.1, 0.15) is 0 Å². The number of nitrogens with zero attached hydrogens (tertiary/aromatic N) is 2. The number of nitriles is 2. The smallest absolute Gasteiger partial charge is 0.152 e. The highest BCUT2D eigenvalue weighted by molar-refractivity contribution is 6.30. The van der Waals surface area contributed by atoms with Crippen molar-refractivity contribution in [1.82, 2.24) is 5.32 Å². The number of halogens is 2. The molecule has 0 saturated carbocycles. The maximum Gasteiger partial charge on any atom is 0.152 e. The Morgan fingerprint density at radius 3 is 1.86 bits per heavy atom. The van der Waals surface area contributed by atoms with E-state index in [1.54, 1.807) is 12.1 Å². The monoisotopic (exact) mass is 329 g/mol. The van der Waals surface area contributed by atoms with E-state index < -0.39 is 5.92 Å². The molecule has 0 aliphatic heterocycles. The van der Waals surface area contributed by atoms with Crippen LogP contribution in [0.3, 0.4) is 0 Å². The van der Waals surface area contributed by atoms with Gasteiger partial charge in [0.2, 0.25) is 0 Å². The molecule has 2 aromatic carbocycles. The van der Waals surface area contributed by atoms with Crippen LogP contribution >= 0.6 is 23.2 Å². The Bertz CT molecular complexity index is 683. The Kier molecular flexibility index (Phi) is 5.81. The van der Waals surface area contributed by atoms with Crippen LogP contribution in [0, 0.1) is 28.6 Å². The van der Waals surface area contributed by atoms with Crippen LogP contribution in [0.5, 0.6) is 0 Å². The van der Waals surface area contributed by atoms with E-state index in [-0.39, 0.29) is 6.04 Å². The zero-order valence-corrected chi connectivity index (χ0v) is 13.1. The molecule has 22 heavy (non-hydrogen) atoms. The fraction of sp³-hybridized carbons (Fsp3) is 0.176. The van der Waals surface area contributed by atoms with Gasteiger partial charge in [-0.15, -0.1) is 0 Å². The van der Waals surface area contributed by atoms with Gasteiger partial charge in [-0.3, -0.25) is 0 Å². The van der Waals surface area contributed by atoms with E-state index in [0.29, 0.717) is 16.6 Å². The molecule has 0 aliphatic rings. The predicted molar refractivity (Wildman–Crippen MR) is 87.2 cm³/mol. The van der Waals surface area contributed by atoms with Gasteiger partial charge in [0.05, 0.1) is 18.2 Å². The first-order valence-corrected chi connectivity index (χ1v) is 7.42. The van der Waals surface area contributed by atoms with E-state index in [0.717, 1.165) is 11.1 Å². The molecule has 110 valence electrons. The summed E-state index contributed by atoms with van der Waals surface area (Å²) >= 11 is 11.7. The zero-order chi connectivity index (χ0) is 15.9. The van der Waals surface area contributed by atoms with Crippen molar-refractivity contribution in [2.75, 3.05) is 0 Å². The van der Waals surface area contributed by atoms with Gasteiger partial charge in [-0.25, -0.2) is 0 Å². The lowest BCUT2D eigenvalue weighted by molar-refractivity contribution is 0.485. The SMILES string of the molecule is N#CC(C#N)C(NCc1ccc(Cl)cc1)c1ccc(Cl)cc1. The Hall–Kier alpha value is -2.04.